The largest absolute Gasteiger partial charge is 3.00 e. The minimum Gasteiger partial charge on any atom is -1.00 e. The first kappa shape index (κ1) is 22.9. The van der Waals surface area contributed by atoms with Gasteiger partial charge in [0.2, 0.25) is 0 Å². The van der Waals surface area contributed by atoms with E-state index in [1.807, 2.05) is 0 Å². The zero-order chi connectivity index (χ0) is 3.58. The molecule has 0 aromatic rings. The molecule has 0 unspecified atom stereocenters. The van der Waals surface area contributed by atoms with Crippen molar-refractivity contribution in [2.45, 2.75) is 6.92 Å². The number of aliphatic carboxylic acids is 1. The number of carbonyl (C=O) groups is 1. The van der Waals surface area contributed by atoms with Gasteiger partial charge in [-0.3, -0.25) is 0 Å². The summed E-state index contributed by atoms with van der Waals surface area (Å²) in [5, 5.41) is 8.89. The second kappa shape index (κ2) is 15.7. The zero-order valence-corrected chi connectivity index (χ0v) is 11.9. The Balaban J connectivity index is -0.0000000150. The second-order valence-corrected chi connectivity index (χ2v) is 0.492. The van der Waals surface area contributed by atoms with Crippen LogP contribution < -0.4 is 17.5 Å². The predicted octanol–water partition coefficient (Wildman–Crippen LogP) is -4.24. The minimum atomic E-state index is -1.08. The number of halogens is 1. The van der Waals surface area contributed by atoms with Gasteiger partial charge in [0.25, 0.3) is 0 Å². The van der Waals surface area contributed by atoms with Crippen molar-refractivity contribution in [2.75, 3.05) is 0 Å². The van der Waals surface area contributed by atoms with E-state index in [-0.39, 0.29) is 83.6 Å². The molecule has 0 atom stereocenters. The van der Waals surface area contributed by atoms with E-state index >= 15 is 0 Å². The molecule has 0 aliphatic carbocycles. The van der Waals surface area contributed by atoms with Crippen LogP contribution in [0.15, 0.2) is 0 Å². The van der Waals surface area contributed by atoms with Crippen molar-refractivity contribution < 1.29 is 93.5 Å². The van der Waals surface area contributed by atoms with Gasteiger partial charge >= 0.3 is 71.2 Å². The van der Waals surface area contributed by atoms with Crippen LogP contribution in [0, 0.1) is 71.2 Å². The van der Waals surface area contributed by atoms with Gasteiger partial charge in [-0.25, -0.2) is 0 Å². The van der Waals surface area contributed by atoms with Crippen molar-refractivity contribution in [2.24, 2.45) is 0 Å². The van der Waals surface area contributed by atoms with Crippen molar-refractivity contribution in [1.29, 1.82) is 0 Å². The number of rotatable bonds is 0. The third-order valence-electron chi connectivity index (χ3n) is 0. The van der Waals surface area contributed by atoms with Gasteiger partial charge in [-0.05, 0) is 6.92 Å². The second-order valence-electron chi connectivity index (χ2n) is 0.492. The van der Waals surface area contributed by atoms with Crippen LogP contribution in [-0.2, 0) is 4.79 Å². The summed E-state index contributed by atoms with van der Waals surface area (Å²) in [6.07, 6.45) is 0. The summed E-state index contributed by atoms with van der Waals surface area (Å²) >= 11 is 0. The smallest absolute Gasteiger partial charge is 1.00 e. The van der Waals surface area contributed by atoms with Gasteiger partial charge in [-0.2, -0.15) is 0 Å². The minimum absolute atomic E-state index is 0. The van der Waals surface area contributed by atoms with Crippen molar-refractivity contribution in [3.8, 4) is 0 Å². The average molecular weight is 372 g/mol. The fourth-order valence-electron chi connectivity index (χ4n) is 0. The molecule has 0 amide bonds. The van der Waals surface area contributed by atoms with E-state index in [1.165, 1.54) is 0 Å². The normalized spacial score (nSPS) is 3.57. The van der Waals surface area contributed by atoms with Gasteiger partial charge in [0.15, 0.2) is 0 Å². The summed E-state index contributed by atoms with van der Waals surface area (Å²) in [5.41, 5.74) is 0. The van der Waals surface area contributed by atoms with Crippen LogP contribution in [0.1, 0.15) is 6.92 Å². The van der Waals surface area contributed by atoms with Crippen LogP contribution in [0.25, 0.3) is 0 Å². The summed E-state index contributed by atoms with van der Waals surface area (Å²) < 4.78 is 0. The van der Waals surface area contributed by atoms with Gasteiger partial charge in [0.1, 0.15) is 0 Å². The first-order valence-electron chi connectivity index (χ1n) is 0.908. The summed E-state index contributed by atoms with van der Waals surface area (Å²) in [5.74, 6) is -1.08. The maximum atomic E-state index is 8.89. The summed E-state index contributed by atoms with van der Waals surface area (Å²) in [4.78, 5) is 8.89. The number of hydrogen-bond donors (Lipinski definition) is 0. The van der Waals surface area contributed by atoms with Crippen LogP contribution in [0.5, 0.6) is 0 Å². The van der Waals surface area contributed by atoms with Crippen LogP contribution in [0.3, 0.4) is 0 Å². The van der Waals surface area contributed by atoms with Gasteiger partial charge < -0.3 is 22.3 Å². The third-order valence-corrected chi connectivity index (χ3v) is 0. The van der Waals surface area contributed by atoms with E-state index in [0.717, 1.165) is 6.92 Å². The first-order chi connectivity index (χ1) is 1.73. The Morgan fingerprint density at radius 2 is 1.43 bits per heavy atom. The van der Waals surface area contributed by atoms with E-state index in [9.17, 15) is 0 Å². The molecule has 0 aliphatic rings. The van der Waals surface area contributed by atoms with Crippen LogP contribution >= 0.6 is 0 Å². The molecule has 0 aliphatic heterocycles. The molecule has 2 nitrogen and oxygen atoms in total. The van der Waals surface area contributed by atoms with E-state index < -0.39 is 5.97 Å². The Hall–Kier alpha value is 2.15. The Morgan fingerprint density at radius 1 is 1.43 bits per heavy atom. The summed E-state index contributed by atoms with van der Waals surface area (Å²) in [7, 11) is 0. The maximum Gasteiger partial charge on any atom is 3.00 e. The van der Waals surface area contributed by atoms with Gasteiger partial charge in [0, 0.05) is 5.97 Å². The molecule has 0 heterocycles. The Bertz CT molecular complexity index is 36.7. The fourth-order valence-corrected chi connectivity index (χ4v) is 0. The van der Waals surface area contributed by atoms with Crippen molar-refractivity contribution in [3.63, 3.8) is 0 Å². The molecule has 0 bridgehead atoms. The average Bonchev–Trinajstić information content (AvgIpc) is 0.811. The van der Waals surface area contributed by atoms with Crippen LogP contribution in [0.4, 0.5) is 0 Å². The SMILES string of the molecule is CC(=O)[O-].[Cl-].[La+3].[La+3]. The number of carboxylic acid groups (broad SMARTS) is 1. The predicted molar refractivity (Wildman–Crippen MR) is 10.7 cm³/mol. The standard InChI is InChI=1S/C2H4O2.ClH.2La/c1-2(3)4;;;/h1H3,(H,3,4);1H;;/q;;2*+3/p-2. The Labute approximate surface area is 104 Å². The number of hydrogen-bond acceptors (Lipinski definition) is 2. The zero-order valence-electron chi connectivity index (χ0n) is 3.85. The van der Waals surface area contributed by atoms with Crippen molar-refractivity contribution in [3.05, 3.63) is 0 Å². The molecule has 0 aromatic heterocycles. The molecule has 0 aromatic carbocycles. The van der Waals surface area contributed by atoms with E-state index in [2.05, 4.69) is 0 Å². The molecule has 0 rings (SSSR count). The molecule has 5 heteroatoms. The Morgan fingerprint density at radius 3 is 1.43 bits per heavy atom. The monoisotopic (exact) mass is 372 g/mol. The fraction of sp³-hybridized carbons (Fsp3) is 0.500. The molecule has 0 spiro atoms. The molecular weight excluding hydrogens is 369 g/mol. The summed E-state index contributed by atoms with van der Waals surface area (Å²) in [6.45, 7) is 0.972. The molecule has 32 valence electrons. The third kappa shape index (κ3) is 66.7. The molecule has 0 radical (unpaired) electrons. The quantitative estimate of drug-likeness (QED) is 0.432. The van der Waals surface area contributed by atoms with Crippen LogP contribution in [-0.4, -0.2) is 5.97 Å². The number of carbonyl (C=O) groups excluding carboxylic acids is 1. The van der Waals surface area contributed by atoms with Gasteiger partial charge in [0.05, 0.1) is 0 Å². The Kier molecular flexibility index (Phi) is 51.4. The van der Waals surface area contributed by atoms with E-state index in [0.29, 0.717) is 0 Å². The molecular formula is C2H3ClLa2O2+4. The van der Waals surface area contributed by atoms with E-state index in [4.69, 9.17) is 9.90 Å². The molecule has 0 N–H and O–H groups in total. The van der Waals surface area contributed by atoms with E-state index in [1.54, 1.807) is 0 Å². The van der Waals surface area contributed by atoms with Crippen molar-refractivity contribution >= 4 is 5.97 Å². The topological polar surface area (TPSA) is 40.1 Å². The van der Waals surface area contributed by atoms with Gasteiger partial charge in [-0.15, -0.1) is 0 Å². The molecule has 0 fully saturated rings. The molecule has 0 saturated carbocycles. The summed E-state index contributed by atoms with van der Waals surface area (Å²) in [6, 6.07) is 0. The first-order valence-corrected chi connectivity index (χ1v) is 0.908. The maximum absolute atomic E-state index is 8.89. The van der Waals surface area contributed by atoms with Crippen molar-refractivity contribution in [1.82, 2.24) is 0 Å². The van der Waals surface area contributed by atoms with Crippen LogP contribution in [0.2, 0.25) is 0 Å². The molecule has 0 saturated heterocycles. The van der Waals surface area contributed by atoms with Gasteiger partial charge in [-0.1, -0.05) is 0 Å². The number of carboxylic acids is 1. The molecule has 7 heavy (non-hydrogen) atoms.